The van der Waals surface area contributed by atoms with Crippen molar-refractivity contribution in [2.24, 2.45) is 0 Å². The van der Waals surface area contributed by atoms with Crippen LogP contribution in [0.15, 0.2) is 48.6 Å². The van der Waals surface area contributed by atoms with Crippen LogP contribution in [0.1, 0.15) is 200 Å². The molecule has 2 atom stereocenters. The van der Waals surface area contributed by atoms with E-state index in [2.05, 4.69) is 62.5 Å². The molecule has 0 rings (SSSR count). The molecule has 10 heteroatoms. The molecule has 0 radical (unpaired) electrons. The molecular formula is C49H91NO8P+. The third-order valence-electron chi connectivity index (χ3n) is 10.1. The molecule has 0 amide bonds. The molecule has 0 aromatic heterocycles. The Morgan fingerprint density at radius 3 is 1.41 bits per heavy atom. The predicted octanol–water partition coefficient (Wildman–Crippen LogP) is 13.9. The zero-order chi connectivity index (χ0) is 43.6. The largest absolute Gasteiger partial charge is 0.472 e. The van der Waals surface area contributed by atoms with Crippen molar-refractivity contribution in [3.63, 3.8) is 0 Å². The molecule has 0 spiro atoms. The minimum absolute atomic E-state index is 0.0214. The molecule has 0 saturated carbocycles. The van der Waals surface area contributed by atoms with Gasteiger partial charge in [-0.15, -0.1) is 0 Å². The van der Waals surface area contributed by atoms with Crippen LogP contribution in [-0.4, -0.2) is 74.9 Å². The van der Waals surface area contributed by atoms with Crippen LogP contribution in [0, 0.1) is 0 Å². The average Bonchev–Trinajstić information content (AvgIpc) is 3.19. The number of esters is 2. The third kappa shape index (κ3) is 45.3. The first-order valence-electron chi connectivity index (χ1n) is 23.9. The maximum atomic E-state index is 12.7. The molecule has 1 N–H and O–H groups in total. The van der Waals surface area contributed by atoms with Gasteiger partial charge in [-0.1, -0.05) is 184 Å². The number of likely N-dealkylation sites (N-methyl/N-ethyl adjacent to an activating group) is 1. The molecule has 0 aromatic rings. The van der Waals surface area contributed by atoms with E-state index in [1.54, 1.807) is 0 Å². The van der Waals surface area contributed by atoms with Crippen LogP contribution in [0.25, 0.3) is 0 Å². The van der Waals surface area contributed by atoms with Gasteiger partial charge in [-0.3, -0.25) is 18.6 Å². The second-order valence-corrected chi connectivity index (χ2v) is 18.6. The van der Waals surface area contributed by atoms with E-state index in [4.69, 9.17) is 18.5 Å². The summed E-state index contributed by atoms with van der Waals surface area (Å²) in [5.41, 5.74) is 0. The van der Waals surface area contributed by atoms with E-state index >= 15 is 0 Å². The van der Waals surface area contributed by atoms with Crippen molar-refractivity contribution in [3.05, 3.63) is 48.6 Å². The van der Waals surface area contributed by atoms with E-state index in [1.165, 1.54) is 122 Å². The van der Waals surface area contributed by atoms with Gasteiger partial charge in [0.15, 0.2) is 6.10 Å². The quantitative estimate of drug-likeness (QED) is 0.0212. The van der Waals surface area contributed by atoms with Gasteiger partial charge < -0.3 is 18.9 Å². The zero-order valence-corrected chi connectivity index (χ0v) is 39.6. The number of phosphoric ester groups is 1. The summed E-state index contributed by atoms with van der Waals surface area (Å²) in [6.07, 6.45) is 48.8. The van der Waals surface area contributed by atoms with Gasteiger partial charge >= 0.3 is 19.8 Å². The summed E-state index contributed by atoms with van der Waals surface area (Å²) in [7, 11) is 1.44. The fourth-order valence-corrected chi connectivity index (χ4v) is 7.10. The first kappa shape index (κ1) is 57.0. The number of nitrogens with zero attached hydrogens (tertiary/aromatic N) is 1. The minimum Gasteiger partial charge on any atom is -0.462 e. The predicted molar refractivity (Wildman–Crippen MR) is 247 cm³/mol. The maximum Gasteiger partial charge on any atom is 0.472 e. The molecule has 0 aliphatic heterocycles. The monoisotopic (exact) mass is 853 g/mol. The SMILES string of the molecule is CCCCC/C=C/C/C=C/C/C=C/C/C=C/CCCC(=O)O[C@H](COC(=O)CCCCCCCCCCCCCCCCCCCC)COP(=O)(O)OCC[N+](C)(C)C. The van der Waals surface area contributed by atoms with Gasteiger partial charge in [-0.2, -0.15) is 0 Å². The Bertz CT molecular complexity index is 1150. The Labute approximate surface area is 363 Å². The van der Waals surface area contributed by atoms with Gasteiger partial charge in [0, 0.05) is 12.8 Å². The highest BCUT2D eigenvalue weighted by Gasteiger charge is 2.27. The van der Waals surface area contributed by atoms with Crippen molar-refractivity contribution in [1.29, 1.82) is 0 Å². The number of ether oxygens (including phenoxy) is 2. The molecular weight excluding hydrogens is 762 g/mol. The summed E-state index contributed by atoms with van der Waals surface area (Å²) in [6.45, 7) is 4.35. The molecule has 0 aliphatic rings. The summed E-state index contributed by atoms with van der Waals surface area (Å²) in [5, 5.41) is 0. The standard InChI is InChI=1S/C49H90NO8P/c1-6-8-10-12-14-16-18-20-22-24-26-27-29-31-33-35-37-39-41-48(51)55-45-47(46-57-59(53,54)56-44-43-50(3,4)5)58-49(52)42-40-38-36-34-32-30-28-25-23-21-19-17-15-13-11-9-7-2/h15,17,21,23,28,30,34,36,47H,6-14,16,18-20,22,24-27,29,31-33,35,37-46H2,1-5H3/p+1/b17-15+,23-21+,30-28+,36-34+/t47-/m1/s1. The number of hydrogen-bond acceptors (Lipinski definition) is 7. The number of hydrogen-bond donors (Lipinski definition) is 1. The fraction of sp³-hybridized carbons (Fsp3) is 0.796. The van der Waals surface area contributed by atoms with Crippen LogP contribution in [0.2, 0.25) is 0 Å². The topological polar surface area (TPSA) is 108 Å². The fourth-order valence-electron chi connectivity index (χ4n) is 6.36. The third-order valence-corrected chi connectivity index (χ3v) is 11.1. The van der Waals surface area contributed by atoms with Crippen molar-refractivity contribution in [2.75, 3.05) is 47.5 Å². The molecule has 9 nitrogen and oxygen atoms in total. The molecule has 1 unspecified atom stereocenters. The van der Waals surface area contributed by atoms with Gasteiger partial charge in [0.2, 0.25) is 0 Å². The lowest BCUT2D eigenvalue weighted by molar-refractivity contribution is -0.870. The number of carbonyl (C=O) groups excluding carboxylic acids is 2. The van der Waals surface area contributed by atoms with E-state index in [9.17, 15) is 19.0 Å². The van der Waals surface area contributed by atoms with Gasteiger partial charge in [0.25, 0.3) is 0 Å². The molecule has 0 heterocycles. The normalized spacial score (nSPS) is 13.9. The molecule has 0 aromatic carbocycles. The molecule has 344 valence electrons. The van der Waals surface area contributed by atoms with Crippen LogP contribution in [0.4, 0.5) is 0 Å². The number of allylic oxidation sites excluding steroid dienone is 8. The van der Waals surface area contributed by atoms with Crippen molar-refractivity contribution in [3.8, 4) is 0 Å². The Morgan fingerprint density at radius 1 is 0.525 bits per heavy atom. The Morgan fingerprint density at radius 2 is 0.932 bits per heavy atom. The summed E-state index contributed by atoms with van der Waals surface area (Å²) >= 11 is 0. The Hall–Kier alpha value is -2.03. The highest BCUT2D eigenvalue weighted by Crippen LogP contribution is 2.43. The van der Waals surface area contributed by atoms with E-state index in [0.29, 0.717) is 17.4 Å². The van der Waals surface area contributed by atoms with Gasteiger partial charge in [-0.25, -0.2) is 4.57 Å². The smallest absolute Gasteiger partial charge is 0.462 e. The van der Waals surface area contributed by atoms with Gasteiger partial charge in [0.05, 0.1) is 27.7 Å². The molecule has 0 fully saturated rings. The molecule has 0 saturated heterocycles. The second-order valence-electron chi connectivity index (χ2n) is 17.1. The van der Waals surface area contributed by atoms with Crippen molar-refractivity contribution in [1.82, 2.24) is 0 Å². The summed E-state index contributed by atoms with van der Waals surface area (Å²) in [5.74, 6) is -0.859. The number of carbonyl (C=O) groups is 2. The molecule has 59 heavy (non-hydrogen) atoms. The average molecular weight is 853 g/mol. The van der Waals surface area contributed by atoms with Crippen LogP contribution in [0.3, 0.4) is 0 Å². The lowest BCUT2D eigenvalue weighted by Crippen LogP contribution is -2.37. The number of rotatable bonds is 43. The first-order chi connectivity index (χ1) is 28.5. The Kier molecular flexibility index (Phi) is 39.9. The minimum atomic E-state index is -4.39. The number of unbranched alkanes of at least 4 members (excludes halogenated alkanes) is 21. The van der Waals surface area contributed by atoms with Crippen molar-refractivity contribution >= 4 is 19.8 Å². The van der Waals surface area contributed by atoms with Crippen molar-refractivity contribution < 1.29 is 42.1 Å². The van der Waals surface area contributed by atoms with Gasteiger partial charge in [0.1, 0.15) is 19.8 Å². The Balaban J connectivity index is 4.38. The van der Waals surface area contributed by atoms with E-state index < -0.39 is 26.5 Å². The molecule has 0 aliphatic carbocycles. The maximum absolute atomic E-state index is 12.7. The summed E-state index contributed by atoms with van der Waals surface area (Å²) < 4.78 is 34.3. The number of quaternary nitrogens is 1. The van der Waals surface area contributed by atoms with Crippen LogP contribution < -0.4 is 0 Å². The van der Waals surface area contributed by atoms with Crippen LogP contribution in [-0.2, 0) is 32.7 Å². The number of phosphoric acid groups is 1. The zero-order valence-electron chi connectivity index (χ0n) is 38.7. The lowest BCUT2D eigenvalue weighted by atomic mass is 10.0. The first-order valence-corrected chi connectivity index (χ1v) is 25.4. The van der Waals surface area contributed by atoms with E-state index in [-0.39, 0.29) is 32.0 Å². The van der Waals surface area contributed by atoms with Crippen LogP contribution in [0.5, 0.6) is 0 Å². The summed E-state index contributed by atoms with van der Waals surface area (Å²) in [6, 6.07) is 0. The van der Waals surface area contributed by atoms with Gasteiger partial charge in [-0.05, 0) is 51.4 Å². The highest BCUT2D eigenvalue weighted by molar-refractivity contribution is 7.47. The molecule has 0 bridgehead atoms. The van der Waals surface area contributed by atoms with Crippen molar-refractivity contribution in [2.45, 2.75) is 206 Å². The van der Waals surface area contributed by atoms with E-state index in [0.717, 1.165) is 44.9 Å². The second kappa shape index (κ2) is 41.3. The van der Waals surface area contributed by atoms with Crippen LogP contribution >= 0.6 is 7.82 Å². The van der Waals surface area contributed by atoms with E-state index in [1.807, 2.05) is 21.1 Å². The highest BCUT2D eigenvalue weighted by atomic mass is 31.2. The summed E-state index contributed by atoms with van der Waals surface area (Å²) in [4.78, 5) is 35.4. The lowest BCUT2D eigenvalue weighted by Gasteiger charge is -2.24.